The second kappa shape index (κ2) is 7.19. The Labute approximate surface area is 148 Å². The van der Waals surface area contributed by atoms with E-state index in [9.17, 15) is 4.79 Å². The predicted octanol–water partition coefficient (Wildman–Crippen LogP) is 4.11. The highest BCUT2D eigenvalue weighted by atomic mass is 32.2. The fourth-order valence-corrected chi connectivity index (χ4v) is 3.88. The highest BCUT2D eigenvalue weighted by molar-refractivity contribution is 7.99. The van der Waals surface area contributed by atoms with Gasteiger partial charge in [-0.15, -0.1) is 23.0 Å². The summed E-state index contributed by atoms with van der Waals surface area (Å²) >= 11 is 2.95. The summed E-state index contributed by atoms with van der Waals surface area (Å²) in [7, 11) is 0. The zero-order chi connectivity index (χ0) is 17.1. The Balaban J connectivity index is 1.68. The lowest BCUT2D eigenvalue weighted by Crippen LogP contribution is -2.06. The summed E-state index contributed by atoms with van der Waals surface area (Å²) in [6.07, 6.45) is 1.84. The van der Waals surface area contributed by atoms with Gasteiger partial charge < -0.3 is 4.57 Å². The SMILES string of the molecule is C=CCn1c(C)cc(C(=O)CSc2n[nH]c(-c3cccs3)n2)c1C. The van der Waals surface area contributed by atoms with E-state index in [0.29, 0.717) is 17.5 Å². The van der Waals surface area contributed by atoms with Crippen LogP contribution in [0.4, 0.5) is 0 Å². The van der Waals surface area contributed by atoms with Crippen LogP contribution in [-0.4, -0.2) is 31.3 Å². The number of thiophene rings is 1. The van der Waals surface area contributed by atoms with Crippen molar-refractivity contribution in [3.05, 3.63) is 53.2 Å². The molecule has 7 heteroatoms. The van der Waals surface area contributed by atoms with Crippen molar-refractivity contribution in [2.45, 2.75) is 25.5 Å². The van der Waals surface area contributed by atoms with Gasteiger partial charge in [-0.1, -0.05) is 23.9 Å². The number of carbonyl (C=O) groups is 1. The van der Waals surface area contributed by atoms with Crippen LogP contribution in [0.3, 0.4) is 0 Å². The number of aromatic amines is 1. The van der Waals surface area contributed by atoms with E-state index in [4.69, 9.17) is 0 Å². The average molecular weight is 358 g/mol. The smallest absolute Gasteiger partial charge is 0.209 e. The Morgan fingerprint density at radius 3 is 3.04 bits per heavy atom. The third kappa shape index (κ3) is 3.37. The quantitative estimate of drug-likeness (QED) is 0.392. The van der Waals surface area contributed by atoms with E-state index in [2.05, 4.69) is 26.3 Å². The number of H-pyrrole nitrogens is 1. The van der Waals surface area contributed by atoms with Crippen LogP contribution in [0.1, 0.15) is 21.7 Å². The maximum absolute atomic E-state index is 12.5. The number of allylic oxidation sites excluding steroid dienone is 1. The second-order valence-corrected chi connectivity index (χ2v) is 7.23. The van der Waals surface area contributed by atoms with Crippen molar-refractivity contribution >= 4 is 28.9 Å². The molecule has 5 nitrogen and oxygen atoms in total. The fourth-order valence-electron chi connectivity index (χ4n) is 2.54. The van der Waals surface area contributed by atoms with Gasteiger partial charge in [0.05, 0.1) is 10.6 Å². The van der Waals surface area contributed by atoms with Gasteiger partial charge in [0.15, 0.2) is 11.6 Å². The average Bonchev–Trinajstić information content (AvgIpc) is 3.29. The van der Waals surface area contributed by atoms with Gasteiger partial charge in [-0.25, -0.2) is 4.98 Å². The summed E-state index contributed by atoms with van der Waals surface area (Å²) in [5.41, 5.74) is 2.81. The lowest BCUT2D eigenvalue weighted by Gasteiger charge is -2.05. The summed E-state index contributed by atoms with van der Waals surface area (Å²) in [4.78, 5) is 18.0. The molecule has 0 unspecified atom stereocenters. The first-order chi connectivity index (χ1) is 11.6. The number of aryl methyl sites for hydroxylation is 1. The van der Waals surface area contributed by atoms with Crippen molar-refractivity contribution < 1.29 is 4.79 Å². The molecule has 0 aliphatic carbocycles. The number of thioether (sulfide) groups is 1. The molecule has 0 radical (unpaired) electrons. The van der Waals surface area contributed by atoms with Gasteiger partial charge in [0.1, 0.15) is 0 Å². The maximum Gasteiger partial charge on any atom is 0.209 e. The molecule has 3 heterocycles. The third-order valence-corrected chi connectivity index (χ3v) is 5.46. The Morgan fingerprint density at radius 1 is 1.50 bits per heavy atom. The molecule has 3 aromatic rings. The number of aromatic nitrogens is 4. The highest BCUT2D eigenvalue weighted by Gasteiger charge is 2.16. The van der Waals surface area contributed by atoms with Gasteiger partial charge in [0.2, 0.25) is 5.16 Å². The van der Waals surface area contributed by atoms with Gasteiger partial charge in [-0.2, -0.15) is 0 Å². The number of ketones is 1. The fraction of sp³-hybridized carbons (Fsp3) is 0.235. The van der Waals surface area contributed by atoms with E-state index in [0.717, 1.165) is 27.7 Å². The van der Waals surface area contributed by atoms with Gasteiger partial charge in [-0.05, 0) is 31.4 Å². The summed E-state index contributed by atoms with van der Waals surface area (Å²) in [6, 6.07) is 5.90. The van der Waals surface area contributed by atoms with Crippen molar-refractivity contribution in [1.82, 2.24) is 19.7 Å². The summed E-state index contributed by atoms with van der Waals surface area (Å²) in [5.74, 6) is 1.15. The lowest BCUT2D eigenvalue weighted by molar-refractivity contribution is 0.102. The number of hydrogen-bond acceptors (Lipinski definition) is 5. The first-order valence-corrected chi connectivity index (χ1v) is 9.36. The summed E-state index contributed by atoms with van der Waals surface area (Å²) < 4.78 is 2.09. The highest BCUT2D eigenvalue weighted by Crippen LogP contribution is 2.24. The van der Waals surface area contributed by atoms with Crippen molar-refractivity contribution in [2.75, 3.05) is 5.75 Å². The van der Waals surface area contributed by atoms with Gasteiger partial charge in [0, 0.05) is 23.5 Å². The minimum absolute atomic E-state index is 0.0888. The number of nitrogens with one attached hydrogen (secondary N) is 1. The molecule has 0 saturated heterocycles. The number of hydrogen-bond donors (Lipinski definition) is 1. The standard InChI is InChI=1S/C17H18N4OS2/c1-4-7-21-11(2)9-13(12(21)3)14(22)10-24-17-18-16(19-20-17)15-6-5-8-23-15/h4-6,8-9H,1,7,10H2,2-3H3,(H,18,19,20). The van der Waals surface area contributed by atoms with Crippen LogP contribution in [-0.2, 0) is 6.54 Å². The Morgan fingerprint density at radius 2 is 2.33 bits per heavy atom. The molecule has 0 aromatic carbocycles. The molecule has 0 amide bonds. The zero-order valence-electron chi connectivity index (χ0n) is 13.6. The van der Waals surface area contributed by atoms with Crippen LogP contribution in [0.15, 0.2) is 41.4 Å². The van der Waals surface area contributed by atoms with Crippen LogP contribution in [0.25, 0.3) is 10.7 Å². The molecule has 0 aliphatic heterocycles. The molecule has 24 heavy (non-hydrogen) atoms. The van der Waals surface area contributed by atoms with Gasteiger partial charge in [0.25, 0.3) is 0 Å². The summed E-state index contributed by atoms with van der Waals surface area (Å²) in [6.45, 7) is 8.45. The third-order valence-electron chi connectivity index (χ3n) is 3.74. The molecule has 124 valence electrons. The monoisotopic (exact) mass is 358 g/mol. The first kappa shape index (κ1) is 16.7. The molecule has 0 aliphatic rings. The van der Waals surface area contributed by atoms with E-state index < -0.39 is 0 Å². The van der Waals surface area contributed by atoms with Crippen LogP contribution >= 0.6 is 23.1 Å². The molecule has 0 bridgehead atoms. The Hall–Kier alpha value is -2.12. The lowest BCUT2D eigenvalue weighted by atomic mass is 10.2. The van der Waals surface area contributed by atoms with Crippen molar-refractivity contribution in [3.63, 3.8) is 0 Å². The van der Waals surface area contributed by atoms with E-state index in [1.807, 2.05) is 43.5 Å². The topological polar surface area (TPSA) is 63.6 Å². The predicted molar refractivity (Wildman–Crippen MR) is 98.9 cm³/mol. The molecule has 0 saturated carbocycles. The number of carbonyl (C=O) groups excluding carboxylic acids is 1. The van der Waals surface area contributed by atoms with Crippen LogP contribution < -0.4 is 0 Å². The normalized spacial score (nSPS) is 10.9. The van der Waals surface area contributed by atoms with Crippen LogP contribution in [0.5, 0.6) is 0 Å². The number of Topliss-reactive ketones (excluding diaryl/α,β-unsaturated/α-hetero) is 1. The van der Waals surface area contributed by atoms with Crippen molar-refractivity contribution in [1.29, 1.82) is 0 Å². The van der Waals surface area contributed by atoms with Crippen LogP contribution in [0, 0.1) is 13.8 Å². The van der Waals surface area contributed by atoms with Gasteiger partial charge in [-0.3, -0.25) is 9.89 Å². The van der Waals surface area contributed by atoms with Gasteiger partial charge >= 0.3 is 0 Å². The molecule has 0 atom stereocenters. The minimum atomic E-state index is 0.0888. The molecular weight excluding hydrogens is 340 g/mol. The van der Waals surface area contributed by atoms with Crippen molar-refractivity contribution in [3.8, 4) is 10.7 Å². The molecular formula is C17H18N4OS2. The first-order valence-electron chi connectivity index (χ1n) is 7.50. The second-order valence-electron chi connectivity index (χ2n) is 5.34. The van der Waals surface area contributed by atoms with E-state index in [1.165, 1.54) is 11.8 Å². The molecule has 0 spiro atoms. The molecule has 3 rings (SSSR count). The number of nitrogens with zero attached hydrogens (tertiary/aromatic N) is 3. The maximum atomic E-state index is 12.5. The molecule has 0 fully saturated rings. The minimum Gasteiger partial charge on any atom is -0.345 e. The number of rotatable bonds is 7. The van der Waals surface area contributed by atoms with E-state index in [1.54, 1.807) is 11.3 Å². The Kier molecular flexibility index (Phi) is 5.01. The van der Waals surface area contributed by atoms with Crippen LogP contribution in [0.2, 0.25) is 0 Å². The van der Waals surface area contributed by atoms with E-state index in [-0.39, 0.29) is 5.78 Å². The zero-order valence-corrected chi connectivity index (χ0v) is 15.2. The largest absolute Gasteiger partial charge is 0.345 e. The summed E-state index contributed by atoms with van der Waals surface area (Å²) in [5, 5.41) is 9.67. The van der Waals surface area contributed by atoms with Crippen molar-refractivity contribution in [2.24, 2.45) is 0 Å². The Bertz CT molecular complexity index is 861. The van der Waals surface area contributed by atoms with E-state index >= 15 is 0 Å². The molecule has 1 N–H and O–H groups in total. The molecule has 3 aromatic heterocycles.